The van der Waals surface area contributed by atoms with Crippen LogP contribution in [-0.4, -0.2) is 29.5 Å². The van der Waals surface area contributed by atoms with E-state index in [4.69, 9.17) is 0 Å². The Bertz CT molecular complexity index is 1400. The predicted octanol–water partition coefficient (Wildman–Crippen LogP) is 4.76. The first kappa shape index (κ1) is 20.0. The zero-order valence-electron chi connectivity index (χ0n) is 17.8. The highest BCUT2D eigenvalue weighted by Crippen LogP contribution is 2.34. The molecule has 0 unspecified atom stereocenters. The lowest BCUT2D eigenvalue weighted by Crippen LogP contribution is -2.15. The third kappa shape index (κ3) is 3.24. The molecule has 3 heterocycles. The van der Waals surface area contributed by atoms with Crippen molar-refractivity contribution < 1.29 is 8.78 Å². The second kappa shape index (κ2) is 7.64. The van der Waals surface area contributed by atoms with Crippen molar-refractivity contribution in [3.05, 3.63) is 95.2 Å². The minimum atomic E-state index is -0.432. The SMILES string of the molecule is Cc1nnn(C)c1-c1cc(F)c2nc(C)n([C@H](c3ccc(F)cc3)c3ccccn3)c2c1. The molecule has 0 bridgehead atoms. The molecule has 3 aromatic heterocycles. The molecule has 8 heteroatoms. The third-order valence-electron chi connectivity index (χ3n) is 5.61. The number of nitrogens with zero attached hydrogens (tertiary/aromatic N) is 6. The molecule has 0 amide bonds. The number of hydrogen-bond donors (Lipinski definition) is 0. The summed E-state index contributed by atoms with van der Waals surface area (Å²) >= 11 is 0. The molecule has 1 atom stereocenters. The third-order valence-corrected chi connectivity index (χ3v) is 5.61. The van der Waals surface area contributed by atoms with E-state index in [9.17, 15) is 4.39 Å². The van der Waals surface area contributed by atoms with Crippen LogP contribution in [0.1, 0.15) is 28.8 Å². The van der Waals surface area contributed by atoms with Gasteiger partial charge in [0.05, 0.1) is 22.6 Å². The van der Waals surface area contributed by atoms with Gasteiger partial charge < -0.3 is 4.57 Å². The number of pyridine rings is 1. The Morgan fingerprint density at radius 2 is 1.75 bits per heavy atom. The molecule has 0 radical (unpaired) electrons. The molecular formula is C24H20F2N6. The highest BCUT2D eigenvalue weighted by Gasteiger charge is 2.25. The molecular weight excluding hydrogens is 410 g/mol. The smallest absolute Gasteiger partial charge is 0.151 e. The number of fused-ring (bicyclic) bond motifs is 1. The molecule has 0 N–H and O–H groups in total. The number of halogens is 2. The van der Waals surface area contributed by atoms with Gasteiger partial charge in [-0.25, -0.2) is 18.4 Å². The maximum absolute atomic E-state index is 15.2. The number of rotatable bonds is 4. The Morgan fingerprint density at radius 3 is 2.41 bits per heavy atom. The second-order valence-corrected chi connectivity index (χ2v) is 7.71. The number of aryl methyl sites for hydroxylation is 3. The molecule has 0 spiro atoms. The number of benzene rings is 2. The molecule has 2 aromatic carbocycles. The lowest BCUT2D eigenvalue weighted by Gasteiger charge is -2.21. The summed E-state index contributed by atoms with van der Waals surface area (Å²) in [5, 5.41) is 8.14. The first-order valence-electron chi connectivity index (χ1n) is 10.1. The van der Waals surface area contributed by atoms with E-state index >= 15 is 4.39 Å². The van der Waals surface area contributed by atoms with E-state index in [0.717, 1.165) is 17.0 Å². The molecule has 0 saturated heterocycles. The van der Waals surface area contributed by atoms with Crippen molar-refractivity contribution in [3.63, 3.8) is 0 Å². The zero-order chi connectivity index (χ0) is 22.4. The van der Waals surface area contributed by atoms with Crippen LogP contribution in [0.15, 0.2) is 60.8 Å². The summed E-state index contributed by atoms with van der Waals surface area (Å²) in [5.41, 5.74) is 4.52. The van der Waals surface area contributed by atoms with E-state index in [0.29, 0.717) is 22.6 Å². The van der Waals surface area contributed by atoms with Gasteiger partial charge in [-0.05, 0) is 55.8 Å². The lowest BCUT2D eigenvalue weighted by molar-refractivity contribution is 0.620. The zero-order valence-corrected chi connectivity index (χ0v) is 17.8. The van der Waals surface area contributed by atoms with Crippen LogP contribution in [0.2, 0.25) is 0 Å². The van der Waals surface area contributed by atoms with Gasteiger partial charge in [0.2, 0.25) is 0 Å². The highest BCUT2D eigenvalue weighted by atomic mass is 19.1. The molecule has 0 aliphatic carbocycles. The molecule has 5 rings (SSSR count). The molecule has 0 saturated carbocycles. The van der Waals surface area contributed by atoms with Crippen LogP contribution >= 0.6 is 0 Å². The quantitative estimate of drug-likeness (QED) is 0.413. The van der Waals surface area contributed by atoms with Crippen molar-refractivity contribution >= 4 is 11.0 Å². The van der Waals surface area contributed by atoms with E-state index in [1.807, 2.05) is 42.7 Å². The Balaban J connectivity index is 1.81. The van der Waals surface area contributed by atoms with Gasteiger partial charge in [0.1, 0.15) is 23.2 Å². The van der Waals surface area contributed by atoms with Crippen molar-refractivity contribution in [1.82, 2.24) is 29.5 Å². The first-order chi connectivity index (χ1) is 15.4. The minimum absolute atomic E-state index is 0.266. The summed E-state index contributed by atoms with van der Waals surface area (Å²) in [5.74, 6) is -0.136. The van der Waals surface area contributed by atoms with Crippen LogP contribution < -0.4 is 0 Å². The predicted molar refractivity (Wildman–Crippen MR) is 117 cm³/mol. The average Bonchev–Trinajstić information content (AvgIpc) is 3.29. The summed E-state index contributed by atoms with van der Waals surface area (Å²) in [6.45, 7) is 3.66. The van der Waals surface area contributed by atoms with Gasteiger partial charge in [-0.3, -0.25) is 4.98 Å². The van der Waals surface area contributed by atoms with Gasteiger partial charge in [-0.1, -0.05) is 23.4 Å². The fraction of sp³-hybridized carbons (Fsp3) is 0.167. The van der Waals surface area contributed by atoms with Crippen LogP contribution in [0.4, 0.5) is 8.78 Å². The largest absolute Gasteiger partial charge is 0.315 e. The summed E-state index contributed by atoms with van der Waals surface area (Å²) < 4.78 is 32.5. The van der Waals surface area contributed by atoms with E-state index in [1.54, 1.807) is 30.1 Å². The standard InChI is InChI=1S/C24H20F2N6/c1-14-23(31(3)30-29-14)17-12-19(26)22-21(13-17)32(15(2)28-22)24(20-6-4-5-11-27-20)16-7-9-18(25)10-8-16/h4-13,24H,1-3H3/t24-/m1/s1. The van der Waals surface area contributed by atoms with Gasteiger partial charge in [-0.2, -0.15) is 0 Å². The molecule has 6 nitrogen and oxygen atoms in total. The Hall–Kier alpha value is -3.94. The van der Waals surface area contributed by atoms with Gasteiger partial charge >= 0.3 is 0 Å². The summed E-state index contributed by atoms with van der Waals surface area (Å²) in [4.78, 5) is 9.06. The van der Waals surface area contributed by atoms with Crippen molar-refractivity contribution in [2.24, 2.45) is 7.05 Å². The van der Waals surface area contributed by atoms with Gasteiger partial charge in [0, 0.05) is 18.8 Å². The summed E-state index contributed by atoms with van der Waals surface area (Å²) in [7, 11) is 1.77. The van der Waals surface area contributed by atoms with E-state index in [2.05, 4.69) is 20.3 Å². The van der Waals surface area contributed by atoms with Crippen LogP contribution in [0.5, 0.6) is 0 Å². The van der Waals surface area contributed by atoms with Crippen LogP contribution in [0, 0.1) is 25.5 Å². The molecule has 32 heavy (non-hydrogen) atoms. The van der Waals surface area contributed by atoms with Crippen molar-refractivity contribution in [3.8, 4) is 11.3 Å². The molecule has 0 aliphatic rings. The maximum Gasteiger partial charge on any atom is 0.151 e. The topological polar surface area (TPSA) is 61.4 Å². The van der Waals surface area contributed by atoms with Crippen molar-refractivity contribution in [2.75, 3.05) is 0 Å². The normalized spacial score (nSPS) is 12.4. The Morgan fingerprint density at radius 1 is 0.969 bits per heavy atom. The monoisotopic (exact) mass is 430 g/mol. The molecule has 5 aromatic rings. The fourth-order valence-corrected chi connectivity index (χ4v) is 4.22. The van der Waals surface area contributed by atoms with E-state index in [1.165, 1.54) is 18.2 Å². The molecule has 0 fully saturated rings. The van der Waals surface area contributed by atoms with Gasteiger partial charge in [0.25, 0.3) is 0 Å². The van der Waals surface area contributed by atoms with Crippen LogP contribution in [0.25, 0.3) is 22.3 Å². The van der Waals surface area contributed by atoms with Crippen LogP contribution in [-0.2, 0) is 7.05 Å². The number of imidazole rings is 1. The van der Waals surface area contributed by atoms with E-state index in [-0.39, 0.29) is 11.3 Å². The summed E-state index contributed by atoms with van der Waals surface area (Å²) in [6.07, 6.45) is 1.71. The molecule has 160 valence electrons. The average molecular weight is 430 g/mol. The van der Waals surface area contributed by atoms with Crippen LogP contribution in [0.3, 0.4) is 0 Å². The van der Waals surface area contributed by atoms with Gasteiger partial charge in [0.15, 0.2) is 5.82 Å². The number of aromatic nitrogens is 6. The van der Waals surface area contributed by atoms with Gasteiger partial charge in [-0.15, -0.1) is 5.10 Å². The van der Waals surface area contributed by atoms with Crippen molar-refractivity contribution in [2.45, 2.75) is 19.9 Å². The molecule has 0 aliphatic heterocycles. The minimum Gasteiger partial charge on any atom is -0.315 e. The number of hydrogen-bond acceptors (Lipinski definition) is 4. The highest BCUT2D eigenvalue weighted by molar-refractivity contribution is 5.83. The Kier molecular flexibility index (Phi) is 4.77. The first-order valence-corrected chi connectivity index (χ1v) is 10.1. The van der Waals surface area contributed by atoms with E-state index < -0.39 is 11.9 Å². The second-order valence-electron chi connectivity index (χ2n) is 7.71. The fourth-order valence-electron chi connectivity index (χ4n) is 4.22. The maximum atomic E-state index is 15.2. The summed E-state index contributed by atoms with van der Waals surface area (Å²) in [6, 6.07) is 14.8. The van der Waals surface area contributed by atoms with Crippen molar-refractivity contribution in [1.29, 1.82) is 0 Å². The Labute approximate surface area is 183 Å². The lowest BCUT2D eigenvalue weighted by atomic mass is 10.0.